The molecule has 0 bridgehead atoms. The van der Waals surface area contributed by atoms with Gasteiger partial charge in [0.1, 0.15) is 24.0 Å². The van der Waals surface area contributed by atoms with Gasteiger partial charge in [0.25, 0.3) is 0 Å². The molecule has 2 aliphatic rings. The molecule has 2 atom stereocenters. The largest absolute Gasteiger partial charge is 0.488 e. The summed E-state index contributed by atoms with van der Waals surface area (Å²) in [5, 5.41) is 9.70. The molecule has 3 heterocycles. The maximum Gasteiger partial charge on any atom is 0.419 e. The third kappa shape index (κ3) is 5.93. The fraction of sp³-hybridized carbons (Fsp3) is 0.355. The Hall–Kier alpha value is -3.67. The lowest BCUT2D eigenvalue weighted by Gasteiger charge is -2.36. The van der Waals surface area contributed by atoms with Crippen LogP contribution in [0.2, 0.25) is 5.02 Å². The van der Waals surface area contributed by atoms with Gasteiger partial charge in [0.2, 0.25) is 0 Å². The SMILES string of the molecule is C[C@H]1c2cc(OCc3ccc(Cl)cc3F)c(C(F)(F)F)cc2CCN1Cc1nc2ccc(C(=O)O)cc2n1C[C@@H]1CCO1. The van der Waals surface area contributed by atoms with Crippen LogP contribution in [-0.2, 0) is 37.0 Å². The molecule has 43 heavy (non-hydrogen) atoms. The Morgan fingerprint density at radius 3 is 2.65 bits per heavy atom. The molecule has 4 aromatic rings. The lowest BCUT2D eigenvalue weighted by Crippen LogP contribution is -2.36. The molecule has 3 aromatic carbocycles. The molecule has 2 aliphatic heterocycles. The van der Waals surface area contributed by atoms with Gasteiger partial charge in [-0.3, -0.25) is 4.90 Å². The van der Waals surface area contributed by atoms with Gasteiger partial charge < -0.3 is 19.1 Å². The molecule has 1 N–H and O–H groups in total. The van der Waals surface area contributed by atoms with Crippen molar-refractivity contribution in [2.75, 3.05) is 13.2 Å². The zero-order chi connectivity index (χ0) is 30.5. The molecule has 1 saturated heterocycles. The average molecular weight is 618 g/mol. The molecule has 0 spiro atoms. The van der Waals surface area contributed by atoms with Gasteiger partial charge in [-0.15, -0.1) is 0 Å². The summed E-state index contributed by atoms with van der Waals surface area (Å²) < 4.78 is 69.7. The van der Waals surface area contributed by atoms with Gasteiger partial charge in [-0.2, -0.15) is 13.2 Å². The summed E-state index contributed by atoms with van der Waals surface area (Å²) in [5.41, 5.74) is 1.94. The summed E-state index contributed by atoms with van der Waals surface area (Å²) in [7, 11) is 0. The minimum absolute atomic E-state index is 0.00453. The number of benzene rings is 3. The first-order chi connectivity index (χ1) is 20.5. The van der Waals surface area contributed by atoms with E-state index in [9.17, 15) is 27.5 Å². The number of imidazole rings is 1. The van der Waals surface area contributed by atoms with Crippen molar-refractivity contribution >= 4 is 28.6 Å². The predicted molar refractivity (Wildman–Crippen MR) is 151 cm³/mol. The third-order valence-corrected chi connectivity index (χ3v) is 8.44. The van der Waals surface area contributed by atoms with Gasteiger partial charge in [0, 0.05) is 29.8 Å². The quantitative estimate of drug-likeness (QED) is 0.214. The lowest BCUT2D eigenvalue weighted by atomic mass is 9.91. The number of nitrogens with zero attached hydrogens (tertiary/aromatic N) is 3. The Morgan fingerprint density at radius 1 is 1.19 bits per heavy atom. The van der Waals surface area contributed by atoms with Crippen LogP contribution in [0.15, 0.2) is 48.5 Å². The molecule has 0 unspecified atom stereocenters. The first-order valence-corrected chi connectivity index (χ1v) is 14.2. The number of alkyl halides is 3. The number of carbonyl (C=O) groups is 1. The van der Waals surface area contributed by atoms with Crippen LogP contribution in [-0.4, -0.2) is 44.8 Å². The maximum atomic E-state index is 14.3. The van der Waals surface area contributed by atoms with Crippen LogP contribution in [0.25, 0.3) is 11.0 Å². The van der Waals surface area contributed by atoms with Crippen molar-refractivity contribution < 1.29 is 36.9 Å². The van der Waals surface area contributed by atoms with Gasteiger partial charge in [-0.05, 0) is 73.4 Å². The van der Waals surface area contributed by atoms with E-state index in [0.717, 1.165) is 18.6 Å². The van der Waals surface area contributed by atoms with E-state index < -0.39 is 30.1 Å². The molecule has 0 aliphatic carbocycles. The van der Waals surface area contributed by atoms with Gasteiger partial charge in [0.15, 0.2) is 0 Å². The lowest BCUT2D eigenvalue weighted by molar-refractivity contribution is -0.139. The van der Waals surface area contributed by atoms with Crippen molar-refractivity contribution in [1.82, 2.24) is 14.5 Å². The first-order valence-electron chi connectivity index (χ1n) is 13.9. The van der Waals surface area contributed by atoms with Gasteiger partial charge in [-0.25, -0.2) is 14.2 Å². The number of halogens is 5. The maximum absolute atomic E-state index is 14.3. The molecule has 0 radical (unpaired) electrons. The van der Waals surface area contributed by atoms with Crippen LogP contribution in [0.5, 0.6) is 5.75 Å². The van der Waals surface area contributed by atoms with E-state index in [1.807, 2.05) is 11.5 Å². The highest BCUT2D eigenvalue weighted by molar-refractivity contribution is 6.30. The van der Waals surface area contributed by atoms with Crippen LogP contribution in [0.4, 0.5) is 17.6 Å². The van der Waals surface area contributed by atoms with E-state index >= 15 is 0 Å². The summed E-state index contributed by atoms with van der Waals surface area (Å²) in [5.74, 6) is -1.36. The van der Waals surface area contributed by atoms with Gasteiger partial charge in [0.05, 0.1) is 41.4 Å². The molecular weight excluding hydrogens is 590 g/mol. The van der Waals surface area contributed by atoms with Gasteiger partial charge >= 0.3 is 12.1 Å². The zero-order valence-electron chi connectivity index (χ0n) is 23.1. The van der Waals surface area contributed by atoms with Crippen molar-refractivity contribution in [3.05, 3.63) is 93.0 Å². The first kappa shape index (κ1) is 29.4. The Morgan fingerprint density at radius 2 is 1.98 bits per heavy atom. The molecule has 226 valence electrons. The number of aromatic carboxylic acids is 1. The number of hydrogen-bond donors (Lipinski definition) is 1. The summed E-state index contributed by atoms with van der Waals surface area (Å²) in [6.07, 6.45) is -3.40. The van der Waals surface area contributed by atoms with Crippen molar-refractivity contribution in [3.63, 3.8) is 0 Å². The Bertz CT molecular complexity index is 1700. The van der Waals surface area contributed by atoms with Gasteiger partial charge in [-0.1, -0.05) is 17.7 Å². The summed E-state index contributed by atoms with van der Waals surface area (Å²) in [4.78, 5) is 18.6. The second-order valence-corrected chi connectivity index (χ2v) is 11.3. The number of aromatic nitrogens is 2. The number of carboxylic acid groups (broad SMARTS) is 1. The minimum atomic E-state index is -4.66. The Labute approximate surface area is 249 Å². The van der Waals surface area contributed by atoms with Crippen molar-refractivity contribution in [2.24, 2.45) is 0 Å². The number of fused-ring (bicyclic) bond motifs is 2. The van der Waals surface area contributed by atoms with Crippen molar-refractivity contribution in [2.45, 2.75) is 57.8 Å². The minimum Gasteiger partial charge on any atom is -0.488 e. The van der Waals surface area contributed by atoms with E-state index in [4.69, 9.17) is 26.1 Å². The molecule has 12 heteroatoms. The molecule has 6 rings (SSSR count). The highest BCUT2D eigenvalue weighted by atomic mass is 35.5. The molecular formula is C31H28ClF4N3O4. The molecule has 0 saturated carbocycles. The molecule has 1 aromatic heterocycles. The van der Waals surface area contributed by atoms with Crippen LogP contribution in [0, 0.1) is 5.82 Å². The smallest absolute Gasteiger partial charge is 0.419 e. The average Bonchev–Trinajstić information content (AvgIpc) is 3.27. The van der Waals surface area contributed by atoms with E-state index in [0.29, 0.717) is 60.6 Å². The molecule has 7 nitrogen and oxygen atoms in total. The number of ether oxygens (including phenoxy) is 2. The van der Waals surface area contributed by atoms with E-state index in [1.165, 1.54) is 24.3 Å². The van der Waals surface area contributed by atoms with Crippen molar-refractivity contribution in [1.29, 1.82) is 0 Å². The highest BCUT2D eigenvalue weighted by Crippen LogP contribution is 2.42. The van der Waals surface area contributed by atoms with Crippen LogP contribution in [0.3, 0.4) is 0 Å². The van der Waals surface area contributed by atoms with Crippen LogP contribution >= 0.6 is 11.6 Å². The number of carboxylic acids is 1. The van der Waals surface area contributed by atoms with E-state index in [1.54, 1.807) is 12.1 Å². The Kier molecular flexibility index (Phi) is 7.82. The van der Waals surface area contributed by atoms with E-state index in [-0.39, 0.29) is 34.0 Å². The zero-order valence-corrected chi connectivity index (χ0v) is 23.9. The predicted octanol–water partition coefficient (Wildman–Crippen LogP) is 7.03. The van der Waals surface area contributed by atoms with E-state index in [2.05, 4.69) is 4.90 Å². The molecule has 1 fully saturated rings. The number of hydrogen-bond acceptors (Lipinski definition) is 5. The standard InChI is InChI=1S/C31H28ClF4N3O4/c1-17-23-13-28(43-16-20-2-4-21(32)12-25(20)33)24(31(34,35)36)10-18(23)6-8-38(17)15-29-37-26-5-3-19(30(40)41)11-27(26)39(29)14-22-7-9-42-22/h2-5,10-13,17,22H,6-9,14-16H2,1H3,(H,40,41)/t17-,22-/m0/s1. The molecule has 0 amide bonds. The van der Waals surface area contributed by atoms with Crippen molar-refractivity contribution in [3.8, 4) is 5.75 Å². The third-order valence-electron chi connectivity index (χ3n) is 8.21. The Balaban J connectivity index is 1.31. The number of rotatable bonds is 8. The highest BCUT2D eigenvalue weighted by Gasteiger charge is 2.37. The summed E-state index contributed by atoms with van der Waals surface area (Å²) >= 11 is 5.80. The topological polar surface area (TPSA) is 76.8 Å². The second kappa shape index (κ2) is 11.4. The van der Waals surface area contributed by atoms with Crippen LogP contribution < -0.4 is 4.74 Å². The normalized spacial score (nSPS) is 18.8. The fourth-order valence-corrected chi connectivity index (χ4v) is 5.85. The monoisotopic (exact) mass is 617 g/mol. The summed E-state index contributed by atoms with van der Waals surface area (Å²) in [6, 6.07) is 11.0. The summed E-state index contributed by atoms with van der Waals surface area (Å²) in [6.45, 7) is 3.58. The second-order valence-electron chi connectivity index (χ2n) is 10.9. The fourth-order valence-electron chi connectivity index (χ4n) is 5.70. The van der Waals surface area contributed by atoms with Crippen LogP contribution in [0.1, 0.15) is 57.8 Å².